The van der Waals surface area contributed by atoms with Gasteiger partial charge in [0, 0.05) is 156 Å². The van der Waals surface area contributed by atoms with Gasteiger partial charge in [0.25, 0.3) is 0 Å². The van der Waals surface area contributed by atoms with E-state index in [1.165, 1.54) is 81.3 Å². The van der Waals surface area contributed by atoms with Gasteiger partial charge in [-0.3, -0.25) is 9.89 Å². The van der Waals surface area contributed by atoms with Gasteiger partial charge < -0.3 is 46.6 Å². The Morgan fingerprint density at radius 2 is 1.56 bits per heavy atom. The van der Waals surface area contributed by atoms with Crippen LogP contribution in [-0.4, -0.2) is 139 Å². The predicted molar refractivity (Wildman–Crippen MR) is 341 cm³/mol. The Morgan fingerprint density at radius 3 is 2.23 bits per heavy atom. The molecule has 0 radical (unpaired) electrons. The molecule has 1 spiro atoms. The van der Waals surface area contributed by atoms with Crippen molar-refractivity contribution in [2.75, 3.05) is 59.9 Å². The number of benzene rings is 1. The van der Waals surface area contributed by atoms with Gasteiger partial charge in [-0.1, -0.05) is 124 Å². The largest absolute Gasteiger partial charge is 0.417 e. The standard InChI is InChI=1S/C67H115ClF3N11/c1-14-48(5)63-41-76-62(38-47(3)4)52(9)75-42-64-50(7)43-82(64)65(49(6)15-2)53(10)78-66(30-19-20-31-66)46-73-34-33-72-32-29-57(27-25-56-26-28-60(61(68)40-56)67(69,70)71)74-35-37-79(12)44-59(39-55-22-17-16-18-23-55)80(13)45-58-24-21-36-81(58)54(11)51(8)77-63/h26,28-29,32,35,37,40,44-45,47-55,62-65,72-73,75-78H,14-25,27,30-31,33-34,36,38-39,41-43,46H2,1-13H3/t48-,49-,50+,51?,52?,53?,54-,62-,63+,64?,65-/m0/s1. The molecule has 0 amide bonds. The van der Waals surface area contributed by atoms with Crippen molar-refractivity contribution in [3.05, 3.63) is 82.8 Å². The van der Waals surface area contributed by atoms with E-state index in [0.717, 1.165) is 102 Å². The maximum Gasteiger partial charge on any atom is 0.417 e. The summed E-state index contributed by atoms with van der Waals surface area (Å²) in [6.07, 6.45) is 27.0. The second kappa shape index (κ2) is 33.1. The molecule has 0 aromatic heterocycles. The van der Waals surface area contributed by atoms with Crippen molar-refractivity contribution in [3.8, 4) is 0 Å². The third kappa shape index (κ3) is 20.2. The Morgan fingerprint density at radius 1 is 0.829 bits per heavy atom. The third-order valence-electron chi connectivity index (χ3n) is 19.8. The fraction of sp³-hybridized carbons (Fsp3) is 0.776. The number of alkyl halides is 3. The zero-order valence-electron chi connectivity index (χ0n) is 53.4. The summed E-state index contributed by atoms with van der Waals surface area (Å²) in [5.74, 6) is 2.97. The highest BCUT2D eigenvalue weighted by molar-refractivity contribution is 6.31. The van der Waals surface area contributed by atoms with Gasteiger partial charge in [0.15, 0.2) is 0 Å². The first-order chi connectivity index (χ1) is 39.1. The first-order valence-electron chi connectivity index (χ1n) is 32.7. The average Bonchev–Trinajstić information content (AvgIpc) is 4.05. The van der Waals surface area contributed by atoms with Crippen molar-refractivity contribution in [2.24, 2.45) is 34.6 Å². The maximum absolute atomic E-state index is 13.6. The third-order valence-corrected chi connectivity index (χ3v) is 20.1. The quantitative estimate of drug-likeness (QED) is 0.129. The number of nitrogens with one attached hydrogen (secondary N) is 6. The van der Waals surface area contributed by atoms with Crippen LogP contribution in [-0.2, 0) is 12.6 Å². The Hall–Kier alpha value is -3.11. The zero-order chi connectivity index (χ0) is 59.6. The maximum atomic E-state index is 13.6. The summed E-state index contributed by atoms with van der Waals surface area (Å²) in [5.41, 5.74) is 3.49. The molecule has 11 nitrogen and oxygen atoms in total. The van der Waals surface area contributed by atoms with E-state index in [0.29, 0.717) is 84.7 Å². The topological polar surface area (TPSA) is 97.5 Å². The number of allylic oxidation sites excluding steroid dienone is 3. The minimum atomic E-state index is -4.50. The molecule has 1 aromatic carbocycles. The second-order valence-electron chi connectivity index (χ2n) is 26.8. The number of rotatable bonds is 11. The van der Waals surface area contributed by atoms with Gasteiger partial charge in [0.2, 0.25) is 0 Å². The van der Waals surface area contributed by atoms with Gasteiger partial charge in [0.05, 0.1) is 10.6 Å². The lowest BCUT2D eigenvalue weighted by Gasteiger charge is -2.55. The van der Waals surface area contributed by atoms with Gasteiger partial charge in [-0.15, -0.1) is 0 Å². The smallest absolute Gasteiger partial charge is 0.390 e. The summed E-state index contributed by atoms with van der Waals surface area (Å²) in [6.45, 7) is 33.2. The minimum absolute atomic E-state index is 0.0554. The van der Waals surface area contributed by atoms with Crippen LogP contribution in [0.4, 0.5) is 13.2 Å². The highest BCUT2D eigenvalue weighted by Gasteiger charge is 2.46. The fourth-order valence-corrected chi connectivity index (χ4v) is 14.5. The SMILES string of the molecule is CC[C@H](C)[C@H]1C(C)NC2(CCCC2)CNCCNC=CC(CCc2ccc(C(F)(F)F)c(Cl)c2)=NC=CN(C)C=C(CC2CCCCC2)N(C)C=C2CCCN2[C@@H](C)C(C)N[C@@H]([C@@H](C)CC)CN[C@@H](CC(C)C)C(C)NCC2[C@H](C)CN21. The van der Waals surface area contributed by atoms with Crippen molar-refractivity contribution >= 4 is 17.3 Å². The summed E-state index contributed by atoms with van der Waals surface area (Å²) in [6, 6.07) is 6.99. The van der Waals surface area contributed by atoms with E-state index in [9.17, 15) is 13.2 Å². The van der Waals surface area contributed by atoms with Gasteiger partial charge in [-0.2, -0.15) is 13.2 Å². The molecule has 0 bridgehead atoms. The van der Waals surface area contributed by atoms with Gasteiger partial charge in [-0.25, -0.2) is 0 Å². The Kier molecular flexibility index (Phi) is 27.5. The van der Waals surface area contributed by atoms with Gasteiger partial charge >= 0.3 is 6.18 Å². The van der Waals surface area contributed by atoms with Crippen molar-refractivity contribution in [2.45, 2.75) is 245 Å². The lowest BCUT2D eigenvalue weighted by molar-refractivity contribution is -0.137. The van der Waals surface area contributed by atoms with E-state index < -0.39 is 11.7 Å². The molecular weight excluding hydrogens is 1050 g/mol. The van der Waals surface area contributed by atoms with Crippen molar-refractivity contribution in [1.82, 2.24) is 51.5 Å². The van der Waals surface area contributed by atoms with Crippen LogP contribution in [0, 0.1) is 29.6 Å². The zero-order valence-corrected chi connectivity index (χ0v) is 54.2. The number of fused-ring (bicyclic) bond motifs is 2. The van der Waals surface area contributed by atoms with E-state index in [-0.39, 0.29) is 16.6 Å². The van der Waals surface area contributed by atoms with Crippen LogP contribution < -0.4 is 31.9 Å². The summed E-state index contributed by atoms with van der Waals surface area (Å²) in [7, 11) is 4.32. The monoisotopic (exact) mass is 1170 g/mol. The first-order valence-corrected chi connectivity index (χ1v) is 33.1. The molecule has 6 N–H and O–H groups in total. The highest BCUT2D eigenvalue weighted by atomic mass is 35.5. The highest BCUT2D eigenvalue weighted by Crippen LogP contribution is 2.38. The predicted octanol–water partition coefficient (Wildman–Crippen LogP) is 13.3. The number of hydrogen-bond acceptors (Lipinski definition) is 11. The van der Waals surface area contributed by atoms with Crippen LogP contribution in [0.1, 0.15) is 190 Å². The molecule has 11 atom stereocenters. The fourth-order valence-electron chi connectivity index (χ4n) is 14.2. The summed E-state index contributed by atoms with van der Waals surface area (Å²) >= 11 is 6.18. The summed E-state index contributed by atoms with van der Waals surface area (Å²) in [4.78, 5) is 15.0. The van der Waals surface area contributed by atoms with Crippen LogP contribution >= 0.6 is 11.6 Å². The number of halogens is 4. The lowest BCUT2D eigenvalue weighted by atomic mass is 9.81. The normalized spacial score (nSPS) is 30.0. The molecule has 2 saturated heterocycles. The molecule has 2 aliphatic carbocycles. The van der Waals surface area contributed by atoms with Crippen LogP contribution in [0.25, 0.3) is 0 Å². The molecule has 1 aromatic rings. The molecule has 2 saturated carbocycles. The molecule has 82 heavy (non-hydrogen) atoms. The molecule has 4 fully saturated rings. The van der Waals surface area contributed by atoms with Gasteiger partial charge in [0.1, 0.15) is 0 Å². The molecule has 3 heterocycles. The number of aliphatic imine (C=N–C) groups is 1. The number of hydrogen-bond donors (Lipinski definition) is 6. The van der Waals surface area contributed by atoms with Crippen molar-refractivity contribution < 1.29 is 13.2 Å². The van der Waals surface area contributed by atoms with Crippen molar-refractivity contribution in [1.29, 1.82) is 0 Å². The molecule has 6 rings (SSSR count). The Bertz CT molecular complexity index is 2200. The molecule has 3 aliphatic heterocycles. The summed E-state index contributed by atoms with van der Waals surface area (Å²) < 4.78 is 40.9. The Labute approximate surface area is 502 Å². The molecule has 466 valence electrons. The molecule has 5 aliphatic rings. The van der Waals surface area contributed by atoms with Crippen molar-refractivity contribution in [3.63, 3.8) is 0 Å². The lowest BCUT2D eigenvalue weighted by Crippen LogP contribution is -2.70. The van der Waals surface area contributed by atoms with Crippen LogP contribution in [0.15, 0.2) is 71.7 Å². The molecule has 4 unspecified atom stereocenters. The summed E-state index contributed by atoms with van der Waals surface area (Å²) in [5, 5.41) is 24.0. The van der Waals surface area contributed by atoms with E-state index in [4.69, 9.17) is 16.6 Å². The molecular formula is C67H115ClF3N11. The Balaban J connectivity index is 1.29. The minimum Gasteiger partial charge on any atom is -0.390 e. The van der Waals surface area contributed by atoms with E-state index in [2.05, 4.69) is 154 Å². The first kappa shape index (κ1) is 68.0. The number of aryl methyl sites for hydroxylation is 1. The van der Waals surface area contributed by atoms with Gasteiger partial charge in [-0.05, 0) is 139 Å². The number of nitrogens with zero attached hydrogens (tertiary/aromatic N) is 5. The van der Waals surface area contributed by atoms with E-state index >= 15 is 0 Å². The average molecular weight is 1170 g/mol. The van der Waals surface area contributed by atoms with Crippen LogP contribution in [0.3, 0.4) is 0 Å². The molecule has 15 heteroatoms. The van der Waals surface area contributed by atoms with E-state index in [1.807, 2.05) is 24.7 Å². The van der Waals surface area contributed by atoms with Crippen LogP contribution in [0.5, 0.6) is 0 Å². The second-order valence-corrected chi connectivity index (χ2v) is 27.2. The van der Waals surface area contributed by atoms with Crippen LogP contribution in [0.2, 0.25) is 5.02 Å². The van der Waals surface area contributed by atoms with E-state index in [1.54, 1.807) is 0 Å².